The number of hydrogen-bond acceptors (Lipinski definition) is 3. The monoisotopic (exact) mass is 283 g/mol. The quantitative estimate of drug-likeness (QED) is 0.550. The summed E-state index contributed by atoms with van der Waals surface area (Å²) in [5.74, 6) is -2.92. The molecule has 0 rings (SSSR count). The van der Waals surface area contributed by atoms with Gasteiger partial charge in [-0.1, -0.05) is 33.1 Å². The van der Waals surface area contributed by atoms with Crippen molar-refractivity contribution in [3.8, 4) is 0 Å². The number of hydrogen-bond donors (Lipinski definition) is 1. The van der Waals surface area contributed by atoms with Gasteiger partial charge < -0.3 is 10.1 Å². The molecular formula is C12H20F3NO3. The first kappa shape index (κ1) is 17.7. The molecule has 0 spiro atoms. The molecule has 0 saturated carbocycles. The Morgan fingerprint density at radius 3 is 2.21 bits per heavy atom. The molecule has 0 saturated heterocycles. The van der Waals surface area contributed by atoms with Gasteiger partial charge in [-0.2, -0.15) is 13.2 Å². The van der Waals surface area contributed by atoms with E-state index in [0.29, 0.717) is 19.3 Å². The highest BCUT2D eigenvalue weighted by molar-refractivity contribution is 5.87. The number of halogens is 3. The van der Waals surface area contributed by atoms with Gasteiger partial charge in [-0.15, -0.1) is 0 Å². The SMILES string of the molecule is CCCCOC(=O)C(CCCC)NC(=O)C(F)(F)F. The van der Waals surface area contributed by atoms with Crippen LogP contribution in [0.3, 0.4) is 0 Å². The Bertz CT molecular complexity index is 292. The zero-order valence-corrected chi connectivity index (χ0v) is 11.2. The van der Waals surface area contributed by atoms with E-state index in [1.165, 1.54) is 0 Å². The summed E-state index contributed by atoms with van der Waals surface area (Å²) in [6.07, 6.45) is -2.16. The van der Waals surface area contributed by atoms with Crippen molar-refractivity contribution in [2.24, 2.45) is 0 Å². The molecule has 0 aromatic heterocycles. The molecule has 112 valence electrons. The molecule has 1 unspecified atom stereocenters. The number of rotatable bonds is 8. The maximum Gasteiger partial charge on any atom is 0.471 e. The summed E-state index contributed by atoms with van der Waals surface area (Å²) in [7, 11) is 0. The first-order chi connectivity index (χ1) is 8.82. The van der Waals surface area contributed by atoms with Crippen molar-refractivity contribution in [1.29, 1.82) is 0 Å². The van der Waals surface area contributed by atoms with Gasteiger partial charge in [-0.25, -0.2) is 4.79 Å². The number of esters is 1. The number of alkyl halides is 3. The van der Waals surface area contributed by atoms with E-state index < -0.39 is 24.1 Å². The van der Waals surface area contributed by atoms with E-state index in [4.69, 9.17) is 4.74 Å². The summed E-state index contributed by atoms with van der Waals surface area (Å²) in [5, 5.41) is 1.68. The molecular weight excluding hydrogens is 263 g/mol. The van der Waals surface area contributed by atoms with Gasteiger partial charge in [0.15, 0.2) is 0 Å². The maximum atomic E-state index is 12.1. The van der Waals surface area contributed by atoms with Crippen LogP contribution in [0.1, 0.15) is 46.0 Å². The highest BCUT2D eigenvalue weighted by atomic mass is 19.4. The lowest BCUT2D eigenvalue weighted by molar-refractivity contribution is -0.176. The Hall–Kier alpha value is -1.27. The van der Waals surface area contributed by atoms with Gasteiger partial charge in [0.2, 0.25) is 0 Å². The number of carbonyl (C=O) groups is 2. The van der Waals surface area contributed by atoms with Gasteiger partial charge in [0.1, 0.15) is 6.04 Å². The molecule has 7 heteroatoms. The summed E-state index contributed by atoms with van der Waals surface area (Å²) < 4.78 is 41.2. The fourth-order valence-corrected chi connectivity index (χ4v) is 1.31. The van der Waals surface area contributed by atoms with Crippen LogP contribution >= 0.6 is 0 Å². The largest absolute Gasteiger partial charge is 0.471 e. The fraction of sp³-hybridized carbons (Fsp3) is 0.833. The molecule has 1 atom stereocenters. The molecule has 0 heterocycles. The molecule has 0 bridgehead atoms. The average Bonchev–Trinajstić information content (AvgIpc) is 2.33. The van der Waals surface area contributed by atoms with E-state index in [0.717, 1.165) is 6.42 Å². The predicted molar refractivity (Wildman–Crippen MR) is 63.4 cm³/mol. The molecule has 0 aliphatic rings. The van der Waals surface area contributed by atoms with Crippen molar-refractivity contribution in [2.45, 2.75) is 58.2 Å². The normalized spacial score (nSPS) is 12.9. The average molecular weight is 283 g/mol. The first-order valence-electron chi connectivity index (χ1n) is 6.37. The summed E-state index contributed by atoms with van der Waals surface area (Å²) in [6, 6.07) is -1.23. The topological polar surface area (TPSA) is 55.4 Å². The molecule has 0 aromatic carbocycles. The Kier molecular flexibility index (Phi) is 8.18. The van der Waals surface area contributed by atoms with Crippen LogP contribution in [0.5, 0.6) is 0 Å². The third-order valence-corrected chi connectivity index (χ3v) is 2.44. The molecule has 0 aromatic rings. The summed E-state index contributed by atoms with van der Waals surface area (Å²) in [6.45, 7) is 3.89. The Morgan fingerprint density at radius 1 is 1.16 bits per heavy atom. The predicted octanol–water partition coefficient (Wildman–Crippen LogP) is 2.57. The van der Waals surface area contributed by atoms with Crippen molar-refractivity contribution >= 4 is 11.9 Å². The molecule has 19 heavy (non-hydrogen) atoms. The van der Waals surface area contributed by atoms with Crippen molar-refractivity contribution in [3.05, 3.63) is 0 Å². The molecule has 0 aliphatic heterocycles. The van der Waals surface area contributed by atoms with E-state index >= 15 is 0 Å². The first-order valence-corrected chi connectivity index (χ1v) is 6.37. The highest BCUT2D eigenvalue weighted by Crippen LogP contribution is 2.15. The smallest absolute Gasteiger partial charge is 0.464 e. The van der Waals surface area contributed by atoms with Crippen LogP contribution in [-0.4, -0.2) is 30.7 Å². The number of carbonyl (C=O) groups excluding carboxylic acids is 2. The lowest BCUT2D eigenvalue weighted by atomic mass is 10.1. The van der Waals surface area contributed by atoms with Crippen LogP contribution in [-0.2, 0) is 14.3 Å². The lowest BCUT2D eigenvalue weighted by Gasteiger charge is -2.18. The molecule has 0 aliphatic carbocycles. The molecule has 0 fully saturated rings. The standard InChI is InChI=1S/C12H20F3NO3/c1-3-5-7-9(10(17)19-8-6-4-2)16-11(18)12(13,14)15/h9H,3-8H2,1-2H3,(H,16,18). The van der Waals surface area contributed by atoms with Crippen LogP contribution < -0.4 is 5.32 Å². The summed E-state index contributed by atoms with van der Waals surface area (Å²) in [4.78, 5) is 22.4. The zero-order chi connectivity index (χ0) is 14.9. The van der Waals surface area contributed by atoms with Crippen LogP contribution in [0.4, 0.5) is 13.2 Å². The van der Waals surface area contributed by atoms with Crippen LogP contribution in [0.25, 0.3) is 0 Å². The molecule has 1 amide bonds. The summed E-state index contributed by atoms with van der Waals surface area (Å²) in [5.41, 5.74) is 0. The number of ether oxygens (including phenoxy) is 1. The van der Waals surface area contributed by atoms with E-state index in [1.807, 2.05) is 13.8 Å². The molecule has 1 N–H and O–H groups in total. The van der Waals surface area contributed by atoms with Gasteiger partial charge in [0.25, 0.3) is 0 Å². The number of amides is 1. The number of nitrogens with one attached hydrogen (secondary N) is 1. The van der Waals surface area contributed by atoms with E-state index in [2.05, 4.69) is 0 Å². The van der Waals surface area contributed by atoms with Gasteiger partial charge in [-0.05, 0) is 12.8 Å². The van der Waals surface area contributed by atoms with Gasteiger partial charge >= 0.3 is 18.1 Å². The Balaban J connectivity index is 4.44. The molecule has 0 radical (unpaired) electrons. The van der Waals surface area contributed by atoms with Crippen LogP contribution in [0.2, 0.25) is 0 Å². The van der Waals surface area contributed by atoms with Crippen molar-refractivity contribution < 1.29 is 27.5 Å². The fourth-order valence-electron chi connectivity index (χ4n) is 1.31. The van der Waals surface area contributed by atoms with E-state index in [-0.39, 0.29) is 13.0 Å². The zero-order valence-electron chi connectivity index (χ0n) is 11.2. The van der Waals surface area contributed by atoms with E-state index in [1.54, 1.807) is 5.32 Å². The van der Waals surface area contributed by atoms with Crippen molar-refractivity contribution in [2.75, 3.05) is 6.61 Å². The van der Waals surface area contributed by atoms with E-state index in [9.17, 15) is 22.8 Å². The molecule has 4 nitrogen and oxygen atoms in total. The highest BCUT2D eigenvalue weighted by Gasteiger charge is 2.40. The third-order valence-electron chi connectivity index (χ3n) is 2.44. The minimum Gasteiger partial charge on any atom is -0.464 e. The second-order valence-electron chi connectivity index (χ2n) is 4.19. The number of unbranched alkanes of at least 4 members (excludes halogenated alkanes) is 2. The van der Waals surface area contributed by atoms with Gasteiger partial charge in [0, 0.05) is 0 Å². The van der Waals surface area contributed by atoms with Crippen LogP contribution in [0.15, 0.2) is 0 Å². The minimum absolute atomic E-state index is 0.142. The maximum absolute atomic E-state index is 12.1. The summed E-state index contributed by atoms with van der Waals surface area (Å²) >= 11 is 0. The van der Waals surface area contributed by atoms with Crippen LogP contribution in [0, 0.1) is 0 Å². The van der Waals surface area contributed by atoms with Gasteiger partial charge in [-0.3, -0.25) is 4.79 Å². The van der Waals surface area contributed by atoms with Crippen molar-refractivity contribution in [1.82, 2.24) is 5.32 Å². The lowest BCUT2D eigenvalue weighted by Crippen LogP contribution is -2.47. The Morgan fingerprint density at radius 2 is 1.74 bits per heavy atom. The second-order valence-corrected chi connectivity index (χ2v) is 4.19. The third kappa shape index (κ3) is 7.69. The van der Waals surface area contributed by atoms with Crippen molar-refractivity contribution in [3.63, 3.8) is 0 Å². The van der Waals surface area contributed by atoms with Gasteiger partial charge in [0.05, 0.1) is 6.61 Å². The minimum atomic E-state index is -4.99. The Labute approximate surface area is 110 Å². The second kappa shape index (κ2) is 8.77.